The summed E-state index contributed by atoms with van der Waals surface area (Å²) in [5.74, 6) is 1.68. The molecule has 1 aliphatic rings. The molecule has 29 heavy (non-hydrogen) atoms. The molecule has 158 valence electrons. The summed E-state index contributed by atoms with van der Waals surface area (Å²) in [4.78, 5) is 20.6. The lowest BCUT2D eigenvalue weighted by Gasteiger charge is -2.35. The highest BCUT2D eigenvalue weighted by Gasteiger charge is 2.27. The van der Waals surface area contributed by atoms with Gasteiger partial charge in [0, 0.05) is 33.4 Å². The minimum atomic E-state index is 0. The number of para-hydroxylation sites is 1. The molecule has 0 radical (unpaired) electrons. The number of nitrogens with zero attached hydrogens (tertiary/aromatic N) is 5. The topological polar surface area (TPSA) is 75.0 Å². The van der Waals surface area contributed by atoms with Gasteiger partial charge in [0.15, 0.2) is 5.96 Å². The number of guanidine groups is 1. The molecule has 1 aromatic carbocycles. The SMILES string of the molecule is CN=C(NCCOc1c(C)cccc1C)N1CCN(c2cnn(C)c2)C(=O)C1.I. The molecule has 9 heteroatoms. The number of carbonyl (C=O) groups is 1. The Balaban J connectivity index is 0.00000300. The first-order chi connectivity index (χ1) is 13.5. The summed E-state index contributed by atoms with van der Waals surface area (Å²) in [7, 11) is 3.57. The molecular formula is C20H29IN6O2. The van der Waals surface area contributed by atoms with E-state index in [1.807, 2.05) is 50.2 Å². The van der Waals surface area contributed by atoms with Crippen LogP contribution in [0.5, 0.6) is 5.75 Å². The van der Waals surface area contributed by atoms with Gasteiger partial charge in [-0.05, 0) is 25.0 Å². The molecule has 0 bridgehead atoms. The summed E-state index contributed by atoms with van der Waals surface area (Å²) in [6.45, 7) is 6.81. The molecule has 2 heterocycles. The summed E-state index contributed by atoms with van der Waals surface area (Å²) < 4.78 is 7.63. The molecule has 2 aromatic rings. The minimum Gasteiger partial charge on any atom is -0.491 e. The van der Waals surface area contributed by atoms with E-state index in [1.54, 1.807) is 22.8 Å². The fourth-order valence-electron chi connectivity index (χ4n) is 3.35. The van der Waals surface area contributed by atoms with Gasteiger partial charge in [0.2, 0.25) is 5.91 Å². The first kappa shape index (κ1) is 23.0. The summed E-state index contributed by atoms with van der Waals surface area (Å²) in [6.07, 6.45) is 3.57. The van der Waals surface area contributed by atoms with Gasteiger partial charge in [-0.1, -0.05) is 18.2 Å². The lowest BCUT2D eigenvalue weighted by Crippen LogP contribution is -2.55. The highest BCUT2D eigenvalue weighted by Crippen LogP contribution is 2.22. The van der Waals surface area contributed by atoms with Gasteiger partial charge in [0.25, 0.3) is 0 Å². The Kier molecular flexibility index (Phi) is 8.30. The van der Waals surface area contributed by atoms with Crippen LogP contribution in [0.3, 0.4) is 0 Å². The Morgan fingerprint density at radius 1 is 1.28 bits per heavy atom. The van der Waals surface area contributed by atoms with Gasteiger partial charge in [-0.2, -0.15) is 5.10 Å². The average molecular weight is 512 g/mol. The molecule has 0 unspecified atom stereocenters. The number of piperazine rings is 1. The standard InChI is InChI=1S/C20H28N6O2.HI/c1-15-6-5-7-16(2)19(15)28-11-8-22-20(21-3)25-9-10-26(18(27)14-25)17-12-23-24(4)13-17;/h5-7,12-13H,8-11,14H2,1-4H3,(H,21,22);1H. The van der Waals surface area contributed by atoms with Crippen LogP contribution in [0.1, 0.15) is 11.1 Å². The van der Waals surface area contributed by atoms with Crippen LogP contribution in [0.25, 0.3) is 0 Å². The highest BCUT2D eigenvalue weighted by molar-refractivity contribution is 14.0. The number of halogens is 1. The maximum atomic E-state index is 12.6. The third-order valence-electron chi connectivity index (χ3n) is 4.78. The molecule has 3 rings (SSSR count). The Labute approximate surface area is 188 Å². The van der Waals surface area contributed by atoms with Crippen LogP contribution in [0, 0.1) is 13.8 Å². The van der Waals surface area contributed by atoms with Gasteiger partial charge in [-0.25, -0.2) is 0 Å². The molecule has 1 N–H and O–H groups in total. The van der Waals surface area contributed by atoms with E-state index in [0.717, 1.165) is 22.6 Å². The number of benzene rings is 1. The highest BCUT2D eigenvalue weighted by atomic mass is 127. The van der Waals surface area contributed by atoms with E-state index in [-0.39, 0.29) is 36.4 Å². The molecule has 1 amide bonds. The van der Waals surface area contributed by atoms with Crippen molar-refractivity contribution < 1.29 is 9.53 Å². The Morgan fingerprint density at radius 2 is 2.00 bits per heavy atom. The Hall–Kier alpha value is -2.30. The first-order valence-corrected chi connectivity index (χ1v) is 9.43. The van der Waals surface area contributed by atoms with Crippen molar-refractivity contribution in [2.24, 2.45) is 12.0 Å². The van der Waals surface area contributed by atoms with Crippen LogP contribution in [-0.2, 0) is 11.8 Å². The molecule has 1 fully saturated rings. The maximum Gasteiger partial charge on any atom is 0.246 e. The second-order valence-electron chi connectivity index (χ2n) is 6.88. The van der Waals surface area contributed by atoms with Gasteiger partial charge in [-0.3, -0.25) is 14.5 Å². The molecule has 1 aromatic heterocycles. The summed E-state index contributed by atoms with van der Waals surface area (Å²) in [5, 5.41) is 7.43. The van der Waals surface area contributed by atoms with Crippen LogP contribution in [0.4, 0.5) is 5.69 Å². The van der Waals surface area contributed by atoms with E-state index in [0.29, 0.717) is 32.2 Å². The van der Waals surface area contributed by atoms with Crippen LogP contribution in [-0.4, -0.2) is 66.4 Å². The molecule has 8 nitrogen and oxygen atoms in total. The molecular weight excluding hydrogens is 483 g/mol. The number of aliphatic imine (C=N–C) groups is 1. The van der Waals surface area contributed by atoms with Crippen molar-refractivity contribution in [1.82, 2.24) is 20.0 Å². The lowest BCUT2D eigenvalue weighted by molar-refractivity contribution is -0.120. The second-order valence-corrected chi connectivity index (χ2v) is 6.88. The van der Waals surface area contributed by atoms with E-state index in [1.165, 1.54) is 0 Å². The first-order valence-electron chi connectivity index (χ1n) is 9.43. The number of rotatable bonds is 5. The number of aryl methyl sites for hydroxylation is 3. The number of aromatic nitrogens is 2. The van der Waals surface area contributed by atoms with Crippen LogP contribution in [0.2, 0.25) is 0 Å². The third kappa shape index (κ3) is 5.62. The maximum absolute atomic E-state index is 12.6. The van der Waals surface area contributed by atoms with E-state index >= 15 is 0 Å². The largest absolute Gasteiger partial charge is 0.491 e. The second kappa shape index (κ2) is 10.5. The molecule has 1 saturated heterocycles. The fourth-order valence-corrected chi connectivity index (χ4v) is 3.35. The number of anilines is 1. The predicted molar refractivity (Wildman–Crippen MR) is 125 cm³/mol. The number of nitrogens with one attached hydrogen (secondary N) is 1. The number of hydrogen-bond acceptors (Lipinski definition) is 4. The van der Waals surface area contributed by atoms with Crippen molar-refractivity contribution in [2.75, 3.05) is 44.7 Å². The monoisotopic (exact) mass is 512 g/mol. The number of ether oxygens (including phenoxy) is 1. The van der Waals surface area contributed by atoms with Gasteiger partial charge >= 0.3 is 0 Å². The van der Waals surface area contributed by atoms with Crippen molar-refractivity contribution >= 4 is 41.5 Å². The quantitative estimate of drug-likeness (QED) is 0.287. The van der Waals surface area contributed by atoms with Gasteiger partial charge in [0.1, 0.15) is 18.9 Å². The minimum absolute atomic E-state index is 0. The third-order valence-corrected chi connectivity index (χ3v) is 4.78. The average Bonchev–Trinajstić information content (AvgIpc) is 3.10. The van der Waals surface area contributed by atoms with E-state index in [4.69, 9.17) is 4.74 Å². The molecule has 0 spiro atoms. The van der Waals surface area contributed by atoms with Crippen molar-refractivity contribution in [3.05, 3.63) is 41.7 Å². The van der Waals surface area contributed by atoms with Crippen molar-refractivity contribution in [3.8, 4) is 5.75 Å². The molecule has 1 aliphatic heterocycles. The van der Waals surface area contributed by atoms with Gasteiger partial charge in [-0.15, -0.1) is 24.0 Å². The van der Waals surface area contributed by atoms with Crippen molar-refractivity contribution in [3.63, 3.8) is 0 Å². The molecule has 0 atom stereocenters. The Bertz CT molecular complexity index is 846. The predicted octanol–water partition coefficient (Wildman–Crippen LogP) is 1.96. The van der Waals surface area contributed by atoms with Crippen LogP contribution in [0.15, 0.2) is 35.6 Å². The molecule has 0 saturated carbocycles. The van der Waals surface area contributed by atoms with E-state index in [9.17, 15) is 4.79 Å². The zero-order valence-corrected chi connectivity index (χ0v) is 19.7. The van der Waals surface area contributed by atoms with Gasteiger partial charge in [0.05, 0.1) is 18.4 Å². The van der Waals surface area contributed by atoms with Crippen LogP contribution < -0.4 is 15.0 Å². The molecule has 0 aliphatic carbocycles. The zero-order valence-electron chi connectivity index (χ0n) is 17.4. The van der Waals surface area contributed by atoms with Crippen LogP contribution >= 0.6 is 24.0 Å². The van der Waals surface area contributed by atoms with E-state index in [2.05, 4.69) is 15.4 Å². The van der Waals surface area contributed by atoms with Gasteiger partial charge < -0.3 is 19.9 Å². The zero-order chi connectivity index (χ0) is 20.1. The van der Waals surface area contributed by atoms with Crippen molar-refractivity contribution in [2.45, 2.75) is 13.8 Å². The number of carbonyl (C=O) groups excluding carboxylic acids is 1. The van der Waals surface area contributed by atoms with E-state index < -0.39 is 0 Å². The normalized spacial score (nSPS) is 14.6. The summed E-state index contributed by atoms with van der Waals surface area (Å²) in [6, 6.07) is 6.11. The summed E-state index contributed by atoms with van der Waals surface area (Å²) >= 11 is 0. The fraction of sp³-hybridized carbons (Fsp3) is 0.450. The smallest absolute Gasteiger partial charge is 0.246 e. The lowest BCUT2D eigenvalue weighted by atomic mass is 10.1. The van der Waals surface area contributed by atoms with Crippen molar-refractivity contribution in [1.29, 1.82) is 0 Å². The number of amides is 1. The Morgan fingerprint density at radius 3 is 2.59 bits per heavy atom. The number of hydrogen-bond donors (Lipinski definition) is 1. The summed E-state index contributed by atoms with van der Waals surface area (Å²) in [5.41, 5.74) is 3.08.